The van der Waals surface area contributed by atoms with Crippen LogP contribution in [0.25, 0.3) is 0 Å². The van der Waals surface area contributed by atoms with E-state index in [0.29, 0.717) is 12.8 Å². The number of carbonyl (C=O) groups excluding carboxylic acids is 1. The zero-order chi connectivity index (χ0) is 13.6. The van der Waals surface area contributed by atoms with Crippen LogP contribution in [-0.2, 0) is 14.9 Å². The maximum atomic E-state index is 11.8. The van der Waals surface area contributed by atoms with Gasteiger partial charge in [-0.1, -0.05) is 32.6 Å². The van der Waals surface area contributed by atoms with E-state index in [9.17, 15) is 13.2 Å². The number of hydrogen-bond donors (Lipinski definition) is 1. The third-order valence-corrected chi connectivity index (χ3v) is 4.08. The first-order valence-electron chi connectivity index (χ1n) is 6.45. The number of carbonyl (C=O) groups is 1. The van der Waals surface area contributed by atoms with Crippen LogP contribution in [-0.4, -0.2) is 31.5 Å². The molecule has 18 heavy (non-hydrogen) atoms. The van der Waals surface area contributed by atoms with Gasteiger partial charge in [0.05, 0.1) is 12.6 Å². The fourth-order valence-corrected chi connectivity index (χ4v) is 3.03. The summed E-state index contributed by atoms with van der Waals surface area (Å²) in [6.07, 6.45) is 5.00. The normalized spacial score (nSPS) is 17.4. The Morgan fingerprint density at radius 1 is 1.33 bits per heavy atom. The molecule has 106 valence electrons. The summed E-state index contributed by atoms with van der Waals surface area (Å²) in [4.78, 5) is 11.8. The second kappa shape index (κ2) is 6.94. The van der Waals surface area contributed by atoms with E-state index in [1.807, 2.05) is 6.92 Å². The lowest BCUT2D eigenvalue weighted by molar-refractivity contribution is 0.109. The molecule has 0 saturated heterocycles. The number of unbranched alkanes of at least 4 members (excludes halogenated alkanes) is 1. The van der Waals surface area contributed by atoms with Crippen LogP contribution in [0.4, 0.5) is 4.79 Å². The molecule has 1 aliphatic carbocycles. The number of nitrogens with two attached hydrogens (primary N) is 1. The van der Waals surface area contributed by atoms with Crippen LogP contribution >= 0.6 is 0 Å². The molecule has 1 rings (SSSR count). The van der Waals surface area contributed by atoms with Gasteiger partial charge in [-0.05, 0) is 19.3 Å². The first-order chi connectivity index (χ1) is 8.46. The van der Waals surface area contributed by atoms with E-state index in [-0.39, 0.29) is 12.6 Å². The zero-order valence-electron chi connectivity index (χ0n) is 10.8. The molecular weight excluding hydrogens is 256 g/mol. The molecular formula is C11H22N2O4S. The number of amides is 1. The van der Waals surface area contributed by atoms with Crippen LogP contribution < -0.4 is 5.14 Å². The molecule has 0 bridgehead atoms. The smallest absolute Gasteiger partial charge is 0.424 e. The Hall–Kier alpha value is -0.820. The van der Waals surface area contributed by atoms with Gasteiger partial charge in [0, 0.05) is 0 Å². The number of rotatable bonds is 5. The van der Waals surface area contributed by atoms with Crippen molar-refractivity contribution in [3.63, 3.8) is 0 Å². The van der Waals surface area contributed by atoms with Gasteiger partial charge >= 0.3 is 16.3 Å². The van der Waals surface area contributed by atoms with Crippen LogP contribution in [0.1, 0.15) is 51.9 Å². The minimum atomic E-state index is -4.04. The molecule has 0 aromatic rings. The second-order valence-corrected chi connectivity index (χ2v) is 6.02. The monoisotopic (exact) mass is 278 g/mol. The molecule has 7 heteroatoms. The lowest BCUT2D eigenvalue weighted by atomic mass is 9.96. The topological polar surface area (TPSA) is 89.7 Å². The highest BCUT2D eigenvalue weighted by Crippen LogP contribution is 2.24. The van der Waals surface area contributed by atoms with Crippen molar-refractivity contribution in [2.45, 2.75) is 57.9 Å². The molecule has 0 aromatic carbocycles. The SMILES string of the molecule is CCCCOC(=O)N(C1CCCCC1)S(N)(=O)=O. The number of nitrogens with zero attached hydrogens (tertiary/aromatic N) is 1. The standard InChI is InChI=1S/C11H22N2O4S/c1-2-3-9-17-11(14)13(18(12,15)16)10-7-5-4-6-8-10/h10H,2-9H2,1H3,(H2,12,15,16). The van der Waals surface area contributed by atoms with Crippen LogP contribution in [0.15, 0.2) is 0 Å². The molecule has 1 fully saturated rings. The molecule has 1 aliphatic rings. The largest absolute Gasteiger partial charge is 0.449 e. The predicted molar refractivity (Wildman–Crippen MR) is 68.1 cm³/mol. The molecule has 0 heterocycles. The molecule has 2 N–H and O–H groups in total. The van der Waals surface area contributed by atoms with Gasteiger partial charge in [-0.3, -0.25) is 0 Å². The molecule has 0 aliphatic heterocycles. The second-order valence-electron chi connectivity index (χ2n) is 4.60. The zero-order valence-corrected chi connectivity index (χ0v) is 11.6. The van der Waals surface area contributed by atoms with Crippen molar-refractivity contribution in [3.05, 3.63) is 0 Å². The van der Waals surface area contributed by atoms with Crippen molar-refractivity contribution in [1.82, 2.24) is 4.31 Å². The van der Waals surface area contributed by atoms with E-state index < -0.39 is 16.3 Å². The fourth-order valence-electron chi connectivity index (χ4n) is 2.14. The minimum absolute atomic E-state index is 0.230. The fraction of sp³-hybridized carbons (Fsp3) is 0.909. The summed E-state index contributed by atoms with van der Waals surface area (Å²) in [5.41, 5.74) is 0. The first-order valence-corrected chi connectivity index (χ1v) is 7.96. The van der Waals surface area contributed by atoms with E-state index in [0.717, 1.165) is 36.4 Å². The molecule has 0 spiro atoms. The van der Waals surface area contributed by atoms with Gasteiger partial charge in [0.25, 0.3) is 0 Å². The highest BCUT2D eigenvalue weighted by molar-refractivity contribution is 7.87. The van der Waals surface area contributed by atoms with Crippen LogP contribution in [0.3, 0.4) is 0 Å². The lowest BCUT2D eigenvalue weighted by Gasteiger charge is -2.31. The molecule has 0 unspecified atom stereocenters. The van der Waals surface area contributed by atoms with Gasteiger partial charge in [0.15, 0.2) is 0 Å². The van der Waals surface area contributed by atoms with Gasteiger partial charge in [-0.2, -0.15) is 12.7 Å². The third kappa shape index (κ3) is 4.45. The van der Waals surface area contributed by atoms with Crippen molar-refractivity contribution in [2.75, 3.05) is 6.61 Å². The Morgan fingerprint density at radius 3 is 2.44 bits per heavy atom. The van der Waals surface area contributed by atoms with Crippen LogP contribution in [0.2, 0.25) is 0 Å². The highest BCUT2D eigenvalue weighted by Gasteiger charge is 2.34. The number of hydrogen-bond acceptors (Lipinski definition) is 4. The van der Waals surface area contributed by atoms with Gasteiger partial charge < -0.3 is 4.74 Å². The molecule has 0 aromatic heterocycles. The quantitative estimate of drug-likeness (QED) is 0.776. The maximum Gasteiger partial charge on any atom is 0.424 e. The predicted octanol–water partition coefficient (Wildman–Crippen LogP) is 1.76. The summed E-state index contributed by atoms with van der Waals surface area (Å²) >= 11 is 0. The highest BCUT2D eigenvalue weighted by atomic mass is 32.2. The van der Waals surface area contributed by atoms with Crippen molar-refractivity contribution in [3.8, 4) is 0 Å². The van der Waals surface area contributed by atoms with Crippen molar-refractivity contribution in [1.29, 1.82) is 0 Å². The first kappa shape index (κ1) is 15.2. The Bertz CT molecular complexity index is 363. The van der Waals surface area contributed by atoms with Gasteiger partial charge in [-0.25, -0.2) is 9.93 Å². The summed E-state index contributed by atoms with van der Waals surface area (Å²) < 4.78 is 28.7. The third-order valence-electron chi connectivity index (χ3n) is 3.08. The Morgan fingerprint density at radius 2 is 1.94 bits per heavy atom. The Balaban J connectivity index is 2.68. The van der Waals surface area contributed by atoms with E-state index in [2.05, 4.69) is 0 Å². The van der Waals surface area contributed by atoms with Gasteiger partial charge in [0.1, 0.15) is 0 Å². The van der Waals surface area contributed by atoms with E-state index in [1.165, 1.54) is 0 Å². The Labute approximate surface area is 109 Å². The molecule has 0 atom stereocenters. The lowest BCUT2D eigenvalue weighted by Crippen LogP contribution is -2.48. The minimum Gasteiger partial charge on any atom is -0.449 e. The summed E-state index contributed by atoms with van der Waals surface area (Å²) in [6.45, 7) is 2.19. The molecule has 1 amide bonds. The molecule has 1 saturated carbocycles. The molecule has 0 radical (unpaired) electrons. The average molecular weight is 278 g/mol. The average Bonchev–Trinajstić information content (AvgIpc) is 2.29. The summed E-state index contributed by atoms with van der Waals surface area (Å²) in [7, 11) is -4.04. The summed E-state index contributed by atoms with van der Waals surface area (Å²) in [6, 6.07) is -0.345. The van der Waals surface area contributed by atoms with E-state index in [1.54, 1.807) is 0 Å². The molecule has 6 nitrogen and oxygen atoms in total. The van der Waals surface area contributed by atoms with E-state index >= 15 is 0 Å². The van der Waals surface area contributed by atoms with Crippen molar-refractivity contribution in [2.24, 2.45) is 5.14 Å². The summed E-state index contributed by atoms with van der Waals surface area (Å²) in [5.74, 6) is 0. The van der Waals surface area contributed by atoms with Crippen LogP contribution in [0, 0.1) is 0 Å². The van der Waals surface area contributed by atoms with Gasteiger partial charge in [0.2, 0.25) is 0 Å². The Kier molecular flexibility index (Phi) is 5.87. The number of ether oxygens (including phenoxy) is 1. The summed E-state index contributed by atoms with van der Waals surface area (Å²) in [5, 5.41) is 5.11. The van der Waals surface area contributed by atoms with E-state index in [4.69, 9.17) is 9.88 Å². The van der Waals surface area contributed by atoms with Crippen LogP contribution in [0.5, 0.6) is 0 Å². The van der Waals surface area contributed by atoms with Crippen molar-refractivity contribution < 1.29 is 17.9 Å². The maximum absolute atomic E-state index is 11.8. The van der Waals surface area contributed by atoms with Crippen molar-refractivity contribution >= 4 is 16.3 Å². The van der Waals surface area contributed by atoms with Gasteiger partial charge in [-0.15, -0.1) is 0 Å².